The van der Waals surface area contributed by atoms with Crippen LogP contribution in [0.25, 0.3) is 0 Å². The zero-order valence-electron chi connectivity index (χ0n) is 16.1. The van der Waals surface area contributed by atoms with Gasteiger partial charge in [-0.25, -0.2) is 9.59 Å². The standard InChI is InChI=1S/C17H31N3O5/c1-12(2)11-24-16(23)20-9-7-19(8-10-20)14(21)13(3)18-15(22)25-17(4,5)6/h12-13H,7-11H2,1-6H3,(H,18,22)/t13-/m1/s1. The number of nitrogens with one attached hydrogen (secondary N) is 1. The van der Waals surface area contributed by atoms with Crippen molar-refractivity contribution in [1.29, 1.82) is 0 Å². The van der Waals surface area contributed by atoms with Crippen LogP contribution in [0.4, 0.5) is 9.59 Å². The third kappa shape index (κ3) is 7.62. The van der Waals surface area contributed by atoms with E-state index in [9.17, 15) is 14.4 Å². The van der Waals surface area contributed by atoms with Gasteiger partial charge in [0, 0.05) is 26.2 Å². The van der Waals surface area contributed by atoms with Gasteiger partial charge in [0.15, 0.2) is 0 Å². The Kier molecular flexibility index (Phi) is 7.51. The minimum absolute atomic E-state index is 0.193. The van der Waals surface area contributed by atoms with Gasteiger partial charge in [0.1, 0.15) is 11.6 Å². The van der Waals surface area contributed by atoms with Gasteiger partial charge in [0.05, 0.1) is 6.61 Å². The Bertz CT molecular complexity index is 479. The fraction of sp³-hybridized carbons (Fsp3) is 0.824. The molecule has 1 heterocycles. The molecule has 8 heteroatoms. The van der Waals surface area contributed by atoms with E-state index in [0.29, 0.717) is 32.8 Å². The fourth-order valence-electron chi connectivity index (χ4n) is 2.26. The molecule has 0 radical (unpaired) electrons. The maximum atomic E-state index is 12.4. The van der Waals surface area contributed by atoms with Gasteiger partial charge in [0.25, 0.3) is 0 Å². The Balaban J connectivity index is 2.41. The average molecular weight is 357 g/mol. The van der Waals surface area contributed by atoms with Crippen LogP contribution < -0.4 is 5.32 Å². The zero-order valence-corrected chi connectivity index (χ0v) is 16.1. The summed E-state index contributed by atoms with van der Waals surface area (Å²) < 4.78 is 10.3. The van der Waals surface area contributed by atoms with Gasteiger partial charge in [-0.1, -0.05) is 13.8 Å². The van der Waals surface area contributed by atoms with Crippen molar-refractivity contribution in [3.8, 4) is 0 Å². The summed E-state index contributed by atoms with van der Waals surface area (Å²) in [5.41, 5.74) is -0.616. The van der Waals surface area contributed by atoms with Crippen molar-refractivity contribution >= 4 is 18.1 Å². The van der Waals surface area contributed by atoms with E-state index in [2.05, 4.69) is 5.32 Å². The highest BCUT2D eigenvalue weighted by molar-refractivity contribution is 5.85. The van der Waals surface area contributed by atoms with Crippen LogP contribution in [0.2, 0.25) is 0 Å². The summed E-state index contributed by atoms with van der Waals surface area (Å²) in [6.07, 6.45) is -0.968. The second-order valence-electron chi connectivity index (χ2n) is 7.65. The predicted molar refractivity (Wildman–Crippen MR) is 93.2 cm³/mol. The van der Waals surface area contributed by atoms with Crippen LogP contribution in [0.5, 0.6) is 0 Å². The topological polar surface area (TPSA) is 88.2 Å². The molecule has 0 aromatic carbocycles. The van der Waals surface area contributed by atoms with E-state index >= 15 is 0 Å². The van der Waals surface area contributed by atoms with Gasteiger partial charge in [-0.3, -0.25) is 4.79 Å². The second-order valence-corrected chi connectivity index (χ2v) is 7.65. The number of hydrogen-bond acceptors (Lipinski definition) is 5. The lowest BCUT2D eigenvalue weighted by Gasteiger charge is -2.35. The van der Waals surface area contributed by atoms with E-state index in [1.165, 1.54) is 0 Å². The van der Waals surface area contributed by atoms with Crippen LogP contribution in [0.1, 0.15) is 41.5 Å². The van der Waals surface area contributed by atoms with Crippen LogP contribution >= 0.6 is 0 Å². The monoisotopic (exact) mass is 357 g/mol. The van der Waals surface area contributed by atoms with Crippen molar-refractivity contribution < 1.29 is 23.9 Å². The van der Waals surface area contributed by atoms with Crippen molar-refractivity contribution in [3.05, 3.63) is 0 Å². The first-order valence-corrected chi connectivity index (χ1v) is 8.69. The van der Waals surface area contributed by atoms with Gasteiger partial charge in [-0.2, -0.15) is 0 Å². The third-order valence-electron chi connectivity index (χ3n) is 3.49. The van der Waals surface area contributed by atoms with Gasteiger partial charge < -0.3 is 24.6 Å². The number of piperazine rings is 1. The van der Waals surface area contributed by atoms with E-state index < -0.39 is 17.7 Å². The molecule has 0 aromatic heterocycles. The number of carbonyl (C=O) groups excluding carboxylic acids is 3. The predicted octanol–water partition coefficient (Wildman–Crippen LogP) is 1.84. The van der Waals surface area contributed by atoms with Crippen LogP contribution in [-0.2, 0) is 14.3 Å². The third-order valence-corrected chi connectivity index (χ3v) is 3.49. The highest BCUT2D eigenvalue weighted by atomic mass is 16.6. The summed E-state index contributed by atoms with van der Waals surface area (Å²) in [6, 6.07) is -0.686. The number of ether oxygens (including phenoxy) is 2. The Morgan fingerprint density at radius 1 is 1.00 bits per heavy atom. The first kappa shape index (κ1) is 21.1. The molecule has 1 rings (SSSR count). The first-order valence-electron chi connectivity index (χ1n) is 8.69. The van der Waals surface area contributed by atoms with E-state index in [1.54, 1.807) is 37.5 Å². The summed E-state index contributed by atoms with van der Waals surface area (Å²) in [6.45, 7) is 12.9. The highest BCUT2D eigenvalue weighted by Gasteiger charge is 2.29. The molecule has 1 fully saturated rings. The van der Waals surface area contributed by atoms with Gasteiger partial charge in [0.2, 0.25) is 5.91 Å². The Morgan fingerprint density at radius 3 is 2.00 bits per heavy atom. The molecule has 0 aliphatic carbocycles. The molecule has 3 amide bonds. The molecule has 1 atom stereocenters. The lowest BCUT2D eigenvalue weighted by atomic mass is 10.2. The van der Waals surface area contributed by atoms with Gasteiger partial charge in [-0.15, -0.1) is 0 Å². The van der Waals surface area contributed by atoms with Crippen molar-refractivity contribution in [2.24, 2.45) is 5.92 Å². The summed E-state index contributed by atoms with van der Waals surface area (Å²) in [5.74, 6) is 0.0904. The van der Waals surface area contributed by atoms with Crippen molar-refractivity contribution in [1.82, 2.24) is 15.1 Å². The highest BCUT2D eigenvalue weighted by Crippen LogP contribution is 2.09. The number of hydrogen-bond donors (Lipinski definition) is 1. The van der Waals surface area contributed by atoms with E-state index in [-0.39, 0.29) is 17.9 Å². The fourth-order valence-corrected chi connectivity index (χ4v) is 2.26. The number of rotatable bonds is 4. The van der Waals surface area contributed by atoms with E-state index in [4.69, 9.17) is 9.47 Å². The molecule has 0 spiro atoms. The smallest absolute Gasteiger partial charge is 0.409 e. The minimum atomic E-state index is -0.686. The molecule has 25 heavy (non-hydrogen) atoms. The minimum Gasteiger partial charge on any atom is -0.449 e. The SMILES string of the molecule is CC(C)COC(=O)N1CCN(C(=O)[C@@H](C)NC(=O)OC(C)(C)C)CC1. The molecule has 0 saturated carbocycles. The first-order chi connectivity index (χ1) is 11.5. The second kappa shape index (κ2) is 8.92. The molecular weight excluding hydrogens is 326 g/mol. The summed E-state index contributed by atoms with van der Waals surface area (Å²) in [7, 11) is 0. The Hall–Kier alpha value is -1.99. The van der Waals surface area contributed by atoms with Crippen molar-refractivity contribution in [3.63, 3.8) is 0 Å². The molecule has 144 valence electrons. The Morgan fingerprint density at radius 2 is 1.52 bits per heavy atom. The van der Waals surface area contributed by atoms with Gasteiger partial charge >= 0.3 is 12.2 Å². The van der Waals surface area contributed by atoms with Crippen molar-refractivity contribution in [2.75, 3.05) is 32.8 Å². The molecule has 1 saturated heterocycles. The zero-order chi connectivity index (χ0) is 19.2. The van der Waals surface area contributed by atoms with Crippen molar-refractivity contribution in [2.45, 2.75) is 53.2 Å². The molecule has 8 nitrogen and oxygen atoms in total. The number of nitrogens with zero attached hydrogens (tertiary/aromatic N) is 2. The Labute approximate surface area is 149 Å². The molecule has 1 aliphatic heterocycles. The maximum absolute atomic E-state index is 12.4. The molecule has 1 N–H and O–H groups in total. The largest absolute Gasteiger partial charge is 0.449 e. The molecule has 0 aromatic rings. The van der Waals surface area contributed by atoms with Crippen LogP contribution in [0.3, 0.4) is 0 Å². The van der Waals surface area contributed by atoms with E-state index in [1.807, 2.05) is 13.8 Å². The van der Waals surface area contributed by atoms with Crippen LogP contribution in [-0.4, -0.2) is 72.3 Å². The normalized spacial score (nSPS) is 16.4. The lowest BCUT2D eigenvalue weighted by molar-refractivity contribution is -0.134. The van der Waals surface area contributed by atoms with Crippen LogP contribution in [0.15, 0.2) is 0 Å². The summed E-state index contributed by atoms with van der Waals surface area (Å²) in [5, 5.41) is 2.54. The lowest BCUT2D eigenvalue weighted by Crippen LogP contribution is -2.55. The molecule has 0 bridgehead atoms. The van der Waals surface area contributed by atoms with Gasteiger partial charge in [-0.05, 0) is 33.6 Å². The molecule has 0 unspecified atom stereocenters. The number of carbonyl (C=O) groups is 3. The number of alkyl carbamates (subject to hydrolysis) is 1. The molecular formula is C17H31N3O5. The summed E-state index contributed by atoms with van der Waals surface area (Å²) in [4.78, 5) is 39.3. The summed E-state index contributed by atoms with van der Waals surface area (Å²) >= 11 is 0. The maximum Gasteiger partial charge on any atom is 0.409 e. The quantitative estimate of drug-likeness (QED) is 0.829. The van der Waals surface area contributed by atoms with Crippen LogP contribution in [0, 0.1) is 5.92 Å². The average Bonchev–Trinajstić information content (AvgIpc) is 2.50. The van der Waals surface area contributed by atoms with E-state index in [0.717, 1.165) is 0 Å². The molecule has 1 aliphatic rings. The number of amides is 3.